The fourth-order valence-electron chi connectivity index (χ4n) is 1.56. The number of aromatic carboxylic acids is 1. The molecule has 1 aromatic heterocycles. The highest BCUT2D eigenvalue weighted by atomic mass is 79.9. The van der Waals surface area contributed by atoms with Crippen molar-refractivity contribution in [3.05, 3.63) is 49.3 Å². The van der Waals surface area contributed by atoms with E-state index in [1.54, 1.807) is 25.1 Å². The Bertz CT molecular complexity index is 704. The summed E-state index contributed by atoms with van der Waals surface area (Å²) < 4.78 is 0.631. The maximum atomic E-state index is 12.1. The first-order chi connectivity index (χ1) is 9.88. The minimum atomic E-state index is -1.09. The molecule has 0 spiro atoms. The average Bonchev–Trinajstić information content (AvgIpc) is 2.91. The van der Waals surface area contributed by atoms with E-state index >= 15 is 0 Å². The quantitative estimate of drug-likeness (QED) is 0.834. The first kappa shape index (κ1) is 15.9. The molecule has 1 unspecified atom stereocenters. The van der Waals surface area contributed by atoms with Gasteiger partial charge in [-0.3, -0.25) is 4.79 Å². The highest BCUT2D eigenvalue weighted by Gasteiger charge is 2.17. The number of aromatic nitrogens is 1. The van der Waals surface area contributed by atoms with E-state index in [4.69, 9.17) is 16.7 Å². The molecule has 0 aliphatic heterocycles. The summed E-state index contributed by atoms with van der Waals surface area (Å²) in [6.07, 6.45) is 0. The Labute approximate surface area is 138 Å². The third-order valence-electron chi connectivity index (χ3n) is 2.64. The summed E-state index contributed by atoms with van der Waals surface area (Å²) in [6, 6.07) is 4.47. The number of carbonyl (C=O) groups is 2. The summed E-state index contributed by atoms with van der Waals surface area (Å²) in [5.41, 5.74) is 0.429. The zero-order valence-electron chi connectivity index (χ0n) is 10.8. The van der Waals surface area contributed by atoms with E-state index in [2.05, 4.69) is 26.2 Å². The van der Waals surface area contributed by atoms with Crippen LogP contribution >= 0.6 is 38.9 Å². The Morgan fingerprint density at radius 3 is 2.76 bits per heavy atom. The number of carboxylic acid groups (broad SMARTS) is 1. The van der Waals surface area contributed by atoms with Crippen LogP contribution in [0.3, 0.4) is 0 Å². The van der Waals surface area contributed by atoms with Crippen molar-refractivity contribution in [1.82, 2.24) is 10.3 Å². The van der Waals surface area contributed by atoms with Gasteiger partial charge in [0.1, 0.15) is 5.01 Å². The van der Waals surface area contributed by atoms with Crippen molar-refractivity contribution in [3.63, 3.8) is 0 Å². The number of nitrogens with one attached hydrogen (secondary N) is 1. The van der Waals surface area contributed by atoms with Crippen LogP contribution in [0, 0.1) is 0 Å². The zero-order chi connectivity index (χ0) is 15.6. The van der Waals surface area contributed by atoms with Crippen molar-refractivity contribution in [2.75, 3.05) is 0 Å². The normalized spacial score (nSPS) is 12.0. The Morgan fingerprint density at radius 2 is 2.19 bits per heavy atom. The molecule has 2 N–H and O–H groups in total. The molecular formula is C13H10BrClN2O3S. The molecule has 1 aromatic carbocycles. The maximum absolute atomic E-state index is 12.1. The molecule has 1 amide bonds. The van der Waals surface area contributed by atoms with Crippen LogP contribution in [-0.2, 0) is 0 Å². The van der Waals surface area contributed by atoms with Gasteiger partial charge in [0.15, 0.2) is 5.69 Å². The molecule has 5 nitrogen and oxygen atoms in total. The van der Waals surface area contributed by atoms with Gasteiger partial charge in [-0.25, -0.2) is 9.78 Å². The number of rotatable bonds is 4. The second-order valence-electron chi connectivity index (χ2n) is 4.20. The molecule has 0 saturated carbocycles. The maximum Gasteiger partial charge on any atom is 0.355 e. The first-order valence-corrected chi connectivity index (χ1v) is 7.88. The minimum absolute atomic E-state index is 0.0228. The fraction of sp³-hybridized carbons (Fsp3) is 0.154. The molecule has 0 aliphatic carbocycles. The summed E-state index contributed by atoms with van der Waals surface area (Å²) in [7, 11) is 0. The number of hydrogen-bond donors (Lipinski definition) is 2. The minimum Gasteiger partial charge on any atom is -0.476 e. The Kier molecular flexibility index (Phi) is 4.97. The molecule has 0 radical (unpaired) electrons. The van der Waals surface area contributed by atoms with Crippen molar-refractivity contribution >= 4 is 50.7 Å². The van der Waals surface area contributed by atoms with Crippen molar-refractivity contribution in [1.29, 1.82) is 0 Å². The third kappa shape index (κ3) is 3.81. The molecule has 0 fully saturated rings. The van der Waals surface area contributed by atoms with E-state index < -0.39 is 5.97 Å². The van der Waals surface area contributed by atoms with E-state index in [0.29, 0.717) is 20.1 Å². The third-order valence-corrected chi connectivity index (χ3v) is 4.88. The van der Waals surface area contributed by atoms with Crippen LogP contribution in [0.4, 0.5) is 0 Å². The van der Waals surface area contributed by atoms with E-state index in [-0.39, 0.29) is 17.6 Å². The van der Waals surface area contributed by atoms with E-state index in [1.807, 2.05) is 0 Å². The van der Waals surface area contributed by atoms with Crippen molar-refractivity contribution in [2.45, 2.75) is 13.0 Å². The van der Waals surface area contributed by atoms with E-state index in [0.717, 1.165) is 0 Å². The molecule has 21 heavy (non-hydrogen) atoms. The summed E-state index contributed by atoms with van der Waals surface area (Å²) in [4.78, 5) is 26.9. The SMILES string of the molecule is CC(NC(=O)c1ccc(Cl)c(Br)c1)c1nc(C(=O)O)cs1. The van der Waals surface area contributed by atoms with Crippen LogP contribution in [0.1, 0.15) is 38.8 Å². The second-order valence-corrected chi connectivity index (χ2v) is 6.35. The lowest BCUT2D eigenvalue weighted by atomic mass is 10.2. The second kappa shape index (κ2) is 6.55. The molecule has 0 saturated heterocycles. The lowest BCUT2D eigenvalue weighted by Crippen LogP contribution is -2.26. The molecular weight excluding hydrogens is 380 g/mol. The van der Waals surface area contributed by atoms with Crippen LogP contribution in [0.5, 0.6) is 0 Å². The predicted octanol–water partition coefficient (Wildman–Crippen LogP) is 3.75. The van der Waals surface area contributed by atoms with Gasteiger partial charge in [-0.05, 0) is 41.1 Å². The highest BCUT2D eigenvalue weighted by molar-refractivity contribution is 9.10. The molecule has 110 valence electrons. The van der Waals surface area contributed by atoms with Crippen LogP contribution in [0.25, 0.3) is 0 Å². The number of carboxylic acids is 1. The number of benzene rings is 1. The summed E-state index contributed by atoms with van der Waals surface area (Å²) >= 11 is 10.3. The topological polar surface area (TPSA) is 79.3 Å². The van der Waals surface area contributed by atoms with Gasteiger partial charge in [0, 0.05) is 15.4 Å². The van der Waals surface area contributed by atoms with Crippen LogP contribution < -0.4 is 5.32 Å². The van der Waals surface area contributed by atoms with Gasteiger partial charge in [0.2, 0.25) is 0 Å². The first-order valence-electron chi connectivity index (χ1n) is 5.83. The molecule has 0 bridgehead atoms. The van der Waals surface area contributed by atoms with Gasteiger partial charge in [-0.2, -0.15) is 0 Å². The highest BCUT2D eigenvalue weighted by Crippen LogP contribution is 2.24. The predicted molar refractivity (Wildman–Crippen MR) is 84.1 cm³/mol. The molecule has 2 rings (SSSR count). The summed E-state index contributed by atoms with van der Waals surface area (Å²) in [6.45, 7) is 1.74. The molecule has 0 aliphatic rings. The molecule has 1 atom stereocenters. The van der Waals surface area contributed by atoms with Gasteiger partial charge in [-0.15, -0.1) is 11.3 Å². The Balaban J connectivity index is 2.10. The van der Waals surface area contributed by atoms with Crippen LogP contribution in [0.15, 0.2) is 28.1 Å². The smallest absolute Gasteiger partial charge is 0.355 e. The largest absolute Gasteiger partial charge is 0.476 e. The number of amides is 1. The number of carbonyl (C=O) groups excluding carboxylic acids is 1. The van der Waals surface area contributed by atoms with Crippen molar-refractivity contribution in [2.24, 2.45) is 0 Å². The monoisotopic (exact) mass is 388 g/mol. The molecule has 2 aromatic rings. The zero-order valence-corrected chi connectivity index (χ0v) is 13.9. The summed E-state index contributed by atoms with van der Waals surface area (Å²) in [5, 5.41) is 14.1. The van der Waals surface area contributed by atoms with Gasteiger partial charge in [0.05, 0.1) is 11.1 Å². The van der Waals surface area contributed by atoms with E-state index in [9.17, 15) is 9.59 Å². The number of nitrogens with zero attached hydrogens (tertiary/aromatic N) is 1. The Morgan fingerprint density at radius 1 is 1.48 bits per heavy atom. The lowest BCUT2D eigenvalue weighted by molar-refractivity contribution is 0.0691. The molecule has 8 heteroatoms. The van der Waals surface area contributed by atoms with Gasteiger partial charge in [0.25, 0.3) is 5.91 Å². The van der Waals surface area contributed by atoms with Gasteiger partial charge in [-0.1, -0.05) is 11.6 Å². The van der Waals surface area contributed by atoms with Crippen molar-refractivity contribution < 1.29 is 14.7 Å². The summed E-state index contributed by atoms with van der Waals surface area (Å²) in [5.74, 6) is -1.37. The standard InChI is InChI=1S/C13H10BrClN2O3S/c1-6(12-17-10(5-21-12)13(19)20)16-11(18)7-2-3-9(15)8(14)4-7/h2-6H,1H3,(H,16,18)(H,19,20). The van der Waals surface area contributed by atoms with Gasteiger partial charge < -0.3 is 10.4 Å². The van der Waals surface area contributed by atoms with Crippen molar-refractivity contribution in [3.8, 4) is 0 Å². The number of thiazole rings is 1. The van der Waals surface area contributed by atoms with Gasteiger partial charge >= 0.3 is 5.97 Å². The van der Waals surface area contributed by atoms with Crippen LogP contribution in [0.2, 0.25) is 5.02 Å². The van der Waals surface area contributed by atoms with Crippen LogP contribution in [-0.4, -0.2) is 22.0 Å². The fourth-order valence-corrected chi connectivity index (χ4v) is 2.86. The molecule has 1 heterocycles. The number of halogens is 2. The number of hydrogen-bond acceptors (Lipinski definition) is 4. The lowest BCUT2D eigenvalue weighted by Gasteiger charge is -2.11. The Hall–Kier alpha value is -1.44. The van der Waals surface area contributed by atoms with E-state index in [1.165, 1.54) is 16.7 Å². The average molecular weight is 390 g/mol.